The van der Waals surface area contributed by atoms with Crippen LogP contribution >= 0.6 is 0 Å². The van der Waals surface area contributed by atoms with Crippen LogP contribution in [0.4, 0.5) is 10.3 Å². The number of fused-ring (bicyclic) bond motifs is 1. The number of halogens is 1. The lowest BCUT2D eigenvalue weighted by molar-refractivity contribution is -0.117. The zero-order chi connectivity index (χ0) is 16.7. The van der Waals surface area contributed by atoms with Crippen LogP contribution in [0.2, 0.25) is 0 Å². The van der Waals surface area contributed by atoms with Crippen molar-refractivity contribution in [3.8, 4) is 0 Å². The van der Waals surface area contributed by atoms with Gasteiger partial charge in [0, 0.05) is 18.5 Å². The average Bonchev–Trinajstić information content (AvgIpc) is 3.40. The molecule has 122 valence electrons. The minimum atomic E-state index is -0.298. The van der Waals surface area contributed by atoms with Gasteiger partial charge in [0.15, 0.2) is 5.78 Å². The first-order valence-electron chi connectivity index (χ1n) is 8.05. The first-order valence-corrected chi connectivity index (χ1v) is 8.05. The minimum absolute atomic E-state index is 0.0226. The molecule has 5 nitrogen and oxygen atoms in total. The zero-order valence-corrected chi connectivity index (χ0v) is 13.0. The van der Waals surface area contributed by atoms with Crippen LogP contribution in [0, 0.1) is 11.7 Å². The molecule has 0 unspecified atom stereocenters. The summed E-state index contributed by atoms with van der Waals surface area (Å²) in [6.07, 6.45) is 4.23. The van der Waals surface area contributed by atoms with Crippen molar-refractivity contribution in [2.45, 2.75) is 31.6 Å². The number of Topliss-reactive ketones (excluding diaryl/α,β-unsaturated/α-hetero) is 1. The molecule has 2 aromatic rings. The van der Waals surface area contributed by atoms with Crippen molar-refractivity contribution in [3.63, 3.8) is 0 Å². The molecule has 4 rings (SSSR count). The van der Waals surface area contributed by atoms with Gasteiger partial charge in [-0.05, 0) is 42.9 Å². The summed E-state index contributed by atoms with van der Waals surface area (Å²) in [7, 11) is 0. The highest BCUT2D eigenvalue weighted by molar-refractivity contribution is 5.99. The Hall–Kier alpha value is -2.63. The summed E-state index contributed by atoms with van der Waals surface area (Å²) in [5.41, 5.74) is 2.07. The predicted molar refractivity (Wildman–Crippen MR) is 85.2 cm³/mol. The number of anilines is 1. The summed E-state index contributed by atoms with van der Waals surface area (Å²) < 4.78 is 13.1. The van der Waals surface area contributed by atoms with E-state index in [4.69, 9.17) is 0 Å². The molecule has 0 bridgehead atoms. The van der Waals surface area contributed by atoms with Crippen molar-refractivity contribution < 1.29 is 14.0 Å². The Balaban J connectivity index is 1.58. The normalized spacial score (nSPS) is 19.7. The minimum Gasteiger partial charge on any atom is -0.294 e. The topological polar surface area (TPSA) is 72.0 Å². The van der Waals surface area contributed by atoms with E-state index in [9.17, 15) is 14.0 Å². The summed E-state index contributed by atoms with van der Waals surface area (Å²) in [5.74, 6) is -0.101. The molecule has 1 aromatic carbocycles. The molecule has 2 aliphatic carbocycles. The second kappa shape index (κ2) is 5.78. The fraction of sp³-hybridized carbons (Fsp3) is 0.333. The first kappa shape index (κ1) is 14.9. The van der Waals surface area contributed by atoms with Gasteiger partial charge in [0.2, 0.25) is 11.9 Å². The lowest BCUT2D eigenvalue weighted by Crippen LogP contribution is -2.22. The summed E-state index contributed by atoms with van der Waals surface area (Å²) in [6, 6.07) is 6.21. The molecule has 24 heavy (non-hydrogen) atoms. The SMILES string of the molecule is O=C1C[C@H](c2ccc(F)cc2)Cc2nc(NC(=O)C3CC3)ncc21. The van der Waals surface area contributed by atoms with E-state index in [-0.39, 0.29) is 35.3 Å². The lowest BCUT2D eigenvalue weighted by atomic mass is 9.82. The van der Waals surface area contributed by atoms with Crippen LogP contribution in [0.3, 0.4) is 0 Å². The van der Waals surface area contributed by atoms with Gasteiger partial charge in [0.05, 0.1) is 11.3 Å². The second-order valence-corrected chi connectivity index (χ2v) is 6.40. The monoisotopic (exact) mass is 325 g/mol. The van der Waals surface area contributed by atoms with Crippen LogP contribution in [-0.4, -0.2) is 21.7 Å². The van der Waals surface area contributed by atoms with Gasteiger partial charge in [0.25, 0.3) is 0 Å². The molecule has 0 aliphatic heterocycles. The van der Waals surface area contributed by atoms with E-state index in [0.29, 0.717) is 24.1 Å². The molecular weight excluding hydrogens is 309 g/mol. The van der Waals surface area contributed by atoms with Gasteiger partial charge in [0.1, 0.15) is 5.82 Å². The molecule has 2 aliphatic rings. The Labute approximate surface area is 138 Å². The molecular formula is C18H16FN3O2. The number of nitrogens with one attached hydrogen (secondary N) is 1. The molecule has 1 atom stereocenters. The molecule has 0 saturated heterocycles. The highest BCUT2D eigenvalue weighted by Gasteiger charge is 2.31. The standard InChI is InChI=1S/C18H16FN3O2/c19-13-5-3-10(4-6-13)12-7-15-14(16(23)8-12)9-20-18(21-15)22-17(24)11-1-2-11/h3-6,9,11-12H,1-2,7-8H2,(H,20,21,22,24)/t12-/m1/s1. The Bertz CT molecular complexity index is 816. The van der Waals surface area contributed by atoms with E-state index in [1.807, 2.05) is 0 Å². The number of carbonyl (C=O) groups excluding carboxylic acids is 2. The quantitative estimate of drug-likeness (QED) is 0.942. The van der Waals surface area contributed by atoms with Crippen molar-refractivity contribution in [1.29, 1.82) is 0 Å². The third kappa shape index (κ3) is 2.91. The summed E-state index contributed by atoms with van der Waals surface area (Å²) >= 11 is 0. The highest BCUT2D eigenvalue weighted by atomic mass is 19.1. The van der Waals surface area contributed by atoms with Crippen LogP contribution in [0.25, 0.3) is 0 Å². The first-order chi connectivity index (χ1) is 11.6. The molecule has 1 amide bonds. The van der Waals surface area contributed by atoms with E-state index in [2.05, 4.69) is 15.3 Å². The number of nitrogens with zero attached hydrogens (tertiary/aromatic N) is 2. The second-order valence-electron chi connectivity index (χ2n) is 6.40. The zero-order valence-electron chi connectivity index (χ0n) is 13.0. The number of hydrogen-bond donors (Lipinski definition) is 1. The molecule has 1 N–H and O–H groups in total. The fourth-order valence-corrected chi connectivity index (χ4v) is 3.03. The third-order valence-corrected chi connectivity index (χ3v) is 4.56. The van der Waals surface area contributed by atoms with Crippen LogP contribution in [0.5, 0.6) is 0 Å². The number of aromatic nitrogens is 2. The maximum absolute atomic E-state index is 13.1. The number of rotatable bonds is 3. The Morgan fingerprint density at radius 2 is 1.92 bits per heavy atom. The maximum Gasteiger partial charge on any atom is 0.229 e. The Kier molecular flexibility index (Phi) is 3.59. The Morgan fingerprint density at radius 3 is 2.62 bits per heavy atom. The summed E-state index contributed by atoms with van der Waals surface area (Å²) in [4.78, 5) is 32.6. The number of ketones is 1. The van der Waals surface area contributed by atoms with Crippen molar-refractivity contribution >= 4 is 17.6 Å². The third-order valence-electron chi connectivity index (χ3n) is 4.56. The smallest absolute Gasteiger partial charge is 0.229 e. The number of amides is 1. The molecule has 6 heteroatoms. The van der Waals surface area contributed by atoms with Gasteiger partial charge >= 0.3 is 0 Å². The highest BCUT2D eigenvalue weighted by Crippen LogP contribution is 2.33. The average molecular weight is 325 g/mol. The molecule has 1 heterocycles. The van der Waals surface area contributed by atoms with Crippen LogP contribution in [0.1, 0.15) is 46.8 Å². The predicted octanol–water partition coefficient (Wildman–Crippen LogP) is 2.88. The largest absolute Gasteiger partial charge is 0.294 e. The van der Waals surface area contributed by atoms with E-state index in [1.54, 1.807) is 12.1 Å². The van der Waals surface area contributed by atoms with E-state index < -0.39 is 0 Å². The van der Waals surface area contributed by atoms with E-state index >= 15 is 0 Å². The number of benzene rings is 1. The van der Waals surface area contributed by atoms with Gasteiger partial charge in [-0.1, -0.05) is 12.1 Å². The van der Waals surface area contributed by atoms with Gasteiger partial charge in [-0.15, -0.1) is 0 Å². The molecule has 1 fully saturated rings. The van der Waals surface area contributed by atoms with Gasteiger partial charge in [-0.25, -0.2) is 14.4 Å². The summed E-state index contributed by atoms with van der Waals surface area (Å²) in [6.45, 7) is 0. The van der Waals surface area contributed by atoms with Crippen LogP contribution < -0.4 is 5.32 Å². The van der Waals surface area contributed by atoms with Gasteiger partial charge in [-0.2, -0.15) is 0 Å². The fourth-order valence-electron chi connectivity index (χ4n) is 3.03. The van der Waals surface area contributed by atoms with Crippen molar-refractivity contribution in [2.24, 2.45) is 5.92 Å². The Morgan fingerprint density at radius 1 is 1.17 bits per heavy atom. The van der Waals surface area contributed by atoms with Gasteiger partial charge < -0.3 is 0 Å². The molecule has 0 spiro atoms. The lowest BCUT2D eigenvalue weighted by Gasteiger charge is -2.23. The molecule has 1 aromatic heterocycles. The van der Waals surface area contributed by atoms with Crippen molar-refractivity contribution in [3.05, 3.63) is 53.1 Å². The van der Waals surface area contributed by atoms with Crippen molar-refractivity contribution in [2.75, 3.05) is 5.32 Å². The van der Waals surface area contributed by atoms with E-state index in [0.717, 1.165) is 18.4 Å². The van der Waals surface area contributed by atoms with Crippen LogP contribution in [0.15, 0.2) is 30.5 Å². The molecule has 1 saturated carbocycles. The maximum atomic E-state index is 13.1. The number of hydrogen-bond acceptors (Lipinski definition) is 4. The van der Waals surface area contributed by atoms with E-state index in [1.165, 1.54) is 18.3 Å². The van der Waals surface area contributed by atoms with Gasteiger partial charge in [-0.3, -0.25) is 14.9 Å². The molecule has 0 radical (unpaired) electrons. The summed E-state index contributed by atoms with van der Waals surface area (Å²) in [5, 5.41) is 2.71. The van der Waals surface area contributed by atoms with Crippen molar-refractivity contribution in [1.82, 2.24) is 9.97 Å². The van der Waals surface area contributed by atoms with Crippen LogP contribution in [-0.2, 0) is 11.2 Å². The number of carbonyl (C=O) groups is 2.